The van der Waals surface area contributed by atoms with Gasteiger partial charge >= 0.3 is 6.03 Å². The number of likely N-dealkylation sites (tertiary alicyclic amines) is 1. The zero-order valence-electron chi connectivity index (χ0n) is 20.9. The lowest BCUT2D eigenvalue weighted by Gasteiger charge is -2.49. The summed E-state index contributed by atoms with van der Waals surface area (Å²) in [6, 6.07) is 5.89. The molecule has 4 aliphatic rings. The summed E-state index contributed by atoms with van der Waals surface area (Å²) < 4.78 is 28.6. The van der Waals surface area contributed by atoms with Gasteiger partial charge in [0.1, 0.15) is 5.82 Å². The van der Waals surface area contributed by atoms with Crippen molar-refractivity contribution in [3.05, 3.63) is 70.3 Å². The largest absolute Gasteiger partial charge is 0.505 e. The summed E-state index contributed by atoms with van der Waals surface area (Å²) in [5.41, 5.74) is 4.72. The number of nitrogens with zero attached hydrogens (tertiary/aromatic N) is 2. The first-order chi connectivity index (χ1) is 18.9. The van der Waals surface area contributed by atoms with E-state index < -0.39 is 82.0 Å². The number of benzene rings is 2. The minimum Gasteiger partial charge on any atom is -0.505 e. The molecule has 2 aromatic carbocycles. The molecule has 2 saturated heterocycles. The molecular weight excluding hydrogens is 548 g/mol. The molecule has 2 aliphatic heterocycles. The van der Waals surface area contributed by atoms with Crippen molar-refractivity contribution in [2.24, 2.45) is 34.8 Å². The van der Waals surface area contributed by atoms with Crippen LogP contribution in [0, 0.1) is 40.7 Å². The number of phenols is 1. The molecule has 9 nitrogen and oxygen atoms in total. The average Bonchev–Trinajstić information content (AvgIpc) is 3.27. The van der Waals surface area contributed by atoms with Gasteiger partial charge in [-0.1, -0.05) is 29.3 Å². The highest BCUT2D eigenvalue weighted by molar-refractivity contribution is 6.31. The summed E-state index contributed by atoms with van der Waals surface area (Å²) in [4.78, 5) is 67.7. The second kappa shape index (κ2) is 8.69. The van der Waals surface area contributed by atoms with Crippen LogP contribution in [0.1, 0.15) is 31.2 Å². The summed E-state index contributed by atoms with van der Waals surface area (Å²) in [7, 11) is 0. The van der Waals surface area contributed by atoms with Crippen LogP contribution in [0.3, 0.4) is 0 Å². The van der Waals surface area contributed by atoms with Crippen molar-refractivity contribution in [2.45, 2.75) is 25.7 Å². The normalized spacial score (nSPS) is 31.2. The maximum absolute atomic E-state index is 14.7. The molecule has 2 aliphatic carbocycles. The first kappa shape index (κ1) is 26.1. The van der Waals surface area contributed by atoms with Crippen molar-refractivity contribution in [3.63, 3.8) is 0 Å². The number of anilines is 1. The number of carbonyl (C=O) groups excluding carboxylic acids is 5. The average molecular weight is 570 g/mol. The Morgan fingerprint density at radius 3 is 2.40 bits per heavy atom. The quantitative estimate of drug-likeness (QED) is 0.418. The van der Waals surface area contributed by atoms with Crippen LogP contribution in [0.15, 0.2) is 48.0 Å². The van der Waals surface area contributed by atoms with Gasteiger partial charge in [0.25, 0.3) is 0 Å². The van der Waals surface area contributed by atoms with E-state index >= 15 is 0 Å². The first-order valence-electron chi connectivity index (χ1n) is 12.6. The highest BCUT2D eigenvalue weighted by atomic mass is 35.5. The second-order valence-corrected chi connectivity index (χ2v) is 11.2. The van der Waals surface area contributed by atoms with Gasteiger partial charge in [-0.2, -0.15) is 4.90 Å². The summed E-state index contributed by atoms with van der Waals surface area (Å²) in [6.07, 6.45) is 1.78. The molecule has 0 unspecified atom stereocenters. The van der Waals surface area contributed by atoms with Crippen molar-refractivity contribution in [3.8, 4) is 5.75 Å². The van der Waals surface area contributed by atoms with Crippen molar-refractivity contribution >= 4 is 46.9 Å². The molecular formula is C28H22ClF2N3O6. The third-order valence-electron chi connectivity index (χ3n) is 8.96. The standard InChI is InChI=1S/C28H22ClF2N3O6/c1-28-16(24(37)33(26(28)39)12-3-6-18(30)17(29)9-12)10-15-13(22(28)11-2-7-20(35)19(31)8-11)4-5-14-21(15)25(38)34(23(14)36)27(32)40/h2-4,6-9,14-16,21-22,35H,5,10H2,1H3,(H2,32,40)/t14-,15+,16-,21-,22-,28+/m0/s1. The lowest BCUT2D eigenvalue weighted by molar-refractivity contribution is -0.136. The zero-order valence-corrected chi connectivity index (χ0v) is 21.7. The Balaban J connectivity index is 1.53. The molecule has 0 aromatic heterocycles. The number of rotatable bonds is 2. The molecule has 0 radical (unpaired) electrons. The van der Waals surface area contributed by atoms with Crippen molar-refractivity contribution in [1.29, 1.82) is 0 Å². The molecule has 1 saturated carbocycles. The van der Waals surface area contributed by atoms with Crippen molar-refractivity contribution < 1.29 is 37.9 Å². The Labute approximate surface area is 231 Å². The zero-order chi connectivity index (χ0) is 28.8. The number of imide groups is 4. The molecule has 2 heterocycles. The van der Waals surface area contributed by atoms with Gasteiger partial charge in [0, 0.05) is 5.92 Å². The summed E-state index contributed by atoms with van der Waals surface area (Å²) in [5, 5.41) is 9.54. The molecule has 2 aromatic rings. The van der Waals surface area contributed by atoms with Crippen molar-refractivity contribution in [2.75, 3.05) is 4.90 Å². The summed E-state index contributed by atoms with van der Waals surface area (Å²) in [5.74, 6) is -9.65. The number of nitrogens with two attached hydrogens (primary N) is 1. The van der Waals surface area contributed by atoms with E-state index in [1.807, 2.05) is 0 Å². The number of primary amides is 1. The number of aromatic hydroxyl groups is 1. The maximum Gasteiger partial charge on any atom is 0.328 e. The van der Waals surface area contributed by atoms with Gasteiger partial charge < -0.3 is 10.8 Å². The van der Waals surface area contributed by atoms with Crippen molar-refractivity contribution in [1.82, 2.24) is 4.90 Å². The third kappa shape index (κ3) is 3.33. The van der Waals surface area contributed by atoms with Crippen LogP contribution < -0.4 is 10.6 Å². The van der Waals surface area contributed by atoms with E-state index in [1.54, 1.807) is 13.0 Å². The third-order valence-corrected chi connectivity index (χ3v) is 9.25. The highest BCUT2D eigenvalue weighted by Gasteiger charge is 2.68. The van der Waals surface area contributed by atoms with Crippen LogP contribution in [0.5, 0.6) is 5.75 Å². The van der Waals surface area contributed by atoms with E-state index in [0.717, 1.165) is 29.2 Å². The molecule has 0 bridgehead atoms. The predicted molar refractivity (Wildman–Crippen MR) is 136 cm³/mol. The first-order valence-corrected chi connectivity index (χ1v) is 12.9. The minimum atomic E-state index is -1.48. The summed E-state index contributed by atoms with van der Waals surface area (Å²) in [6.45, 7) is 1.58. The molecule has 0 spiro atoms. The molecule has 3 N–H and O–H groups in total. The van der Waals surface area contributed by atoms with E-state index in [9.17, 15) is 37.9 Å². The molecule has 40 heavy (non-hydrogen) atoms. The van der Waals surface area contributed by atoms with E-state index in [2.05, 4.69) is 0 Å². The van der Waals surface area contributed by atoms with E-state index in [4.69, 9.17) is 17.3 Å². The fourth-order valence-corrected chi connectivity index (χ4v) is 7.36. The lowest BCUT2D eigenvalue weighted by atomic mass is 9.51. The topological polar surface area (TPSA) is 138 Å². The Bertz CT molecular complexity index is 1590. The molecule has 6 amide bonds. The summed E-state index contributed by atoms with van der Waals surface area (Å²) >= 11 is 5.95. The Morgan fingerprint density at radius 1 is 1.02 bits per heavy atom. The van der Waals surface area contributed by atoms with Gasteiger partial charge in [-0.3, -0.25) is 19.2 Å². The van der Waals surface area contributed by atoms with Gasteiger partial charge in [-0.05, 0) is 61.6 Å². The molecule has 6 rings (SSSR count). The van der Waals surface area contributed by atoms with Crippen LogP contribution >= 0.6 is 11.6 Å². The molecule has 6 atom stereocenters. The number of phenolic OH excluding ortho intramolecular Hbond substituents is 1. The van der Waals surface area contributed by atoms with Crippen LogP contribution in [-0.4, -0.2) is 39.7 Å². The van der Waals surface area contributed by atoms with Crippen LogP contribution in [0.25, 0.3) is 0 Å². The number of fused-ring (bicyclic) bond motifs is 4. The van der Waals surface area contributed by atoms with Gasteiger partial charge in [-0.15, -0.1) is 0 Å². The number of carbonyl (C=O) groups is 5. The Hall–Kier alpha value is -4.12. The monoisotopic (exact) mass is 569 g/mol. The number of amides is 6. The Kier molecular flexibility index (Phi) is 5.67. The fraction of sp³-hybridized carbons (Fsp3) is 0.321. The van der Waals surface area contributed by atoms with E-state index in [1.165, 1.54) is 12.1 Å². The number of hydrogen-bond acceptors (Lipinski definition) is 6. The molecule has 12 heteroatoms. The number of urea groups is 1. The van der Waals surface area contributed by atoms with Gasteiger partial charge in [0.05, 0.1) is 33.9 Å². The van der Waals surface area contributed by atoms with Crippen LogP contribution in [-0.2, 0) is 19.2 Å². The van der Waals surface area contributed by atoms with Gasteiger partial charge in [0.2, 0.25) is 23.6 Å². The van der Waals surface area contributed by atoms with Gasteiger partial charge in [0.15, 0.2) is 11.6 Å². The Morgan fingerprint density at radius 2 is 1.75 bits per heavy atom. The van der Waals surface area contributed by atoms with Gasteiger partial charge in [-0.25, -0.2) is 18.5 Å². The molecule has 206 valence electrons. The highest BCUT2D eigenvalue weighted by Crippen LogP contribution is 2.63. The number of hydrogen-bond donors (Lipinski definition) is 2. The maximum atomic E-state index is 14.7. The second-order valence-electron chi connectivity index (χ2n) is 10.8. The smallest absolute Gasteiger partial charge is 0.328 e. The fourth-order valence-electron chi connectivity index (χ4n) is 7.19. The molecule has 3 fully saturated rings. The lowest BCUT2D eigenvalue weighted by Crippen LogP contribution is -2.49. The number of allylic oxidation sites excluding steroid dienone is 2. The van der Waals surface area contributed by atoms with E-state index in [0.29, 0.717) is 10.5 Å². The van der Waals surface area contributed by atoms with E-state index in [-0.39, 0.29) is 29.1 Å². The van der Waals surface area contributed by atoms with Crippen LogP contribution in [0.2, 0.25) is 5.02 Å². The minimum absolute atomic E-state index is 0.0117. The number of halogens is 3. The predicted octanol–water partition coefficient (Wildman–Crippen LogP) is 3.63. The van der Waals surface area contributed by atoms with Crippen LogP contribution in [0.4, 0.5) is 19.3 Å². The SMILES string of the molecule is C[C@@]12C(=O)N(c3ccc(F)c(Cl)c3)C(=O)[C@@H]1C[C@@H]1C(=CC[C@@H]3C(=O)N(C(N)=O)C(=O)[C@@H]31)[C@@H]2c1ccc(O)c(F)c1.